The molecule has 4 aromatic rings. The SMILES string of the molecule is O=C(Nc1cc(-c2cc(OCCC3CCCOC3)ccc2Cl)ncn1)c1n[nH]c(Cc2ccccc2)n1. The summed E-state index contributed by atoms with van der Waals surface area (Å²) in [5, 5.41) is 10.1. The Morgan fingerprint density at radius 1 is 1.16 bits per heavy atom. The summed E-state index contributed by atoms with van der Waals surface area (Å²) >= 11 is 6.47. The minimum atomic E-state index is -0.477. The van der Waals surface area contributed by atoms with Gasteiger partial charge in [0.15, 0.2) is 0 Å². The molecule has 0 radical (unpaired) electrons. The van der Waals surface area contributed by atoms with Crippen molar-refractivity contribution in [2.75, 3.05) is 25.1 Å². The number of nitrogens with one attached hydrogen (secondary N) is 2. The van der Waals surface area contributed by atoms with Gasteiger partial charge in [-0.1, -0.05) is 41.9 Å². The van der Waals surface area contributed by atoms with E-state index in [1.165, 1.54) is 12.7 Å². The molecule has 1 aliphatic heterocycles. The van der Waals surface area contributed by atoms with E-state index in [9.17, 15) is 4.79 Å². The van der Waals surface area contributed by atoms with Gasteiger partial charge < -0.3 is 14.8 Å². The first-order valence-electron chi connectivity index (χ1n) is 12.2. The third-order valence-electron chi connectivity index (χ3n) is 6.12. The fraction of sp³-hybridized carbons (Fsp3) is 0.296. The van der Waals surface area contributed by atoms with Gasteiger partial charge in [0.25, 0.3) is 5.91 Å². The molecule has 0 aliphatic carbocycles. The maximum Gasteiger partial charge on any atom is 0.296 e. The van der Waals surface area contributed by atoms with Gasteiger partial charge in [0.2, 0.25) is 5.82 Å². The Balaban J connectivity index is 1.23. The number of halogens is 1. The minimum absolute atomic E-state index is 0.0305. The first kappa shape index (κ1) is 24.9. The molecule has 1 amide bonds. The number of carbonyl (C=O) groups is 1. The Kier molecular flexibility index (Phi) is 8.02. The maximum absolute atomic E-state index is 12.7. The maximum atomic E-state index is 12.7. The number of amides is 1. The summed E-state index contributed by atoms with van der Waals surface area (Å²) in [5.41, 5.74) is 2.31. The minimum Gasteiger partial charge on any atom is -0.494 e. The highest BCUT2D eigenvalue weighted by molar-refractivity contribution is 6.33. The second kappa shape index (κ2) is 11.9. The molecule has 5 rings (SSSR count). The quantitative estimate of drug-likeness (QED) is 0.322. The molecule has 0 spiro atoms. The summed E-state index contributed by atoms with van der Waals surface area (Å²) in [5.74, 6) is 1.69. The fourth-order valence-electron chi connectivity index (χ4n) is 4.18. The van der Waals surface area contributed by atoms with Gasteiger partial charge in [0.1, 0.15) is 23.7 Å². The number of nitrogens with zero attached hydrogens (tertiary/aromatic N) is 4. The third-order valence-corrected chi connectivity index (χ3v) is 6.45. The zero-order valence-corrected chi connectivity index (χ0v) is 20.9. The predicted octanol–water partition coefficient (Wildman–Crippen LogP) is 4.95. The highest BCUT2D eigenvalue weighted by Crippen LogP contribution is 2.31. The molecule has 1 fully saturated rings. The van der Waals surface area contributed by atoms with E-state index in [2.05, 4.69) is 30.5 Å². The number of rotatable bonds is 9. The van der Waals surface area contributed by atoms with Crippen LogP contribution in [0.25, 0.3) is 11.3 Å². The molecule has 10 heteroatoms. The molecule has 2 aromatic carbocycles. The Bertz CT molecular complexity index is 1340. The number of H-pyrrole nitrogens is 1. The molecular formula is C27H27ClN6O3. The zero-order valence-electron chi connectivity index (χ0n) is 20.2. The van der Waals surface area contributed by atoms with E-state index in [1.807, 2.05) is 42.5 Å². The molecule has 0 saturated carbocycles. The molecule has 0 bridgehead atoms. The summed E-state index contributed by atoms with van der Waals surface area (Å²) in [4.78, 5) is 25.5. The lowest BCUT2D eigenvalue weighted by Gasteiger charge is -2.21. The molecular weight excluding hydrogens is 492 g/mol. The second-order valence-corrected chi connectivity index (χ2v) is 9.28. The van der Waals surface area contributed by atoms with Crippen molar-refractivity contribution in [3.63, 3.8) is 0 Å². The van der Waals surface area contributed by atoms with Crippen LogP contribution in [-0.2, 0) is 11.2 Å². The van der Waals surface area contributed by atoms with E-state index >= 15 is 0 Å². The summed E-state index contributed by atoms with van der Waals surface area (Å²) in [6.45, 7) is 2.25. The average Bonchev–Trinajstić information content (AvgIpc) is 3.40. The van der Waals surface area contributed by atoms with Crippen LogP contribution >= 0.6 is 11.6 Å². The van der Waals surface area contributed by atoms with Crippen LogP contribution in [0.15, 0.2) is 60.9 Å². The molecule has 1 unspecified atom stereocenters. The Hall–Kier alpha value is -3.82. The van der Waals surface area contributed by atoms with Crippen molar-refractivity contribution in [2.45, 2.75) is 25.7 Å². The van der Waals surface area contributed by atoms with Crippen LogP contribution in [0.2, 0.25) is 5.02 Å². The number of hydrogen-bond donors (Lipinski definition) is 2. The summed E-state index contributed by atoms with van der Waals surface area (Å²) in [7, 11) is 0. The van der Waals surface area contributed by atoms with Crippen molar-refractivity contribution in [3.05, 3.63) is 83.2 Å². The Labute approximate surface area is 219 Å². The Morgan fingerprint density at radius 2 is 2.05 bits per heavy atom. The molecule has 9 nitrogen and oxygen atoms in total. The van der Waals surface area contributed by atoms with Crippen molar-refractivity contribution in [2.24, 2.45) is 5.92 Å². The first-order chi connectivity index (χ1) is 18.1. The van der Waals surface area contributed by atoms with Crippen LogP contribution in [0.3, 0.4) is 0 Å². The third kappa shape index (κ3) is 6.69. The van der Waals surface area contributed by atoms with Crippen LogP contribution in [0.4, 0.5) is 5.82 Å². The monoisotopic (exact) mass is 518 g/mol. The second-order valence-electron chi connectivity index (χ2n) is 8.87. The average molecular weight is 519 g/mol. The van der Waals surface area contributed by atoms with Crippen LogP contribution in [0.1, 0.15) is 41.3 Å². The topological polar surface area (TPSA) is 115 Å². The number of benzene rings is 2. The number of aromatic amines is 1. The van der Waals surface area contributed by atoms with E-state index in [1.54, 1.807) is 12.1 Å². The molecule has 3 heterocycles. The van der Waals surface area contributed by atoms with Gasteiger partial charge in [-0.2, -0.15) is 0 Å². The van der Waals surface area contributed by atoms with Crippen molar-refractivity contribution in [1.29, 1.82) is 0 Å². The van der Waals surface area contributed by atoms with Crippen molar-refractivity contribution in [3.8, 4) is 17.0 Å². The van der Waals surface area contributed by atoms with Crippen molar-refractivity contribution in [1.82, 2.24) is 25.1 Å². The molecule has 1 aliphatic rings. The number of aromatic nitrogens is 5. The van der Waals surface area contributed by atoms with Crippen LogP contribution in [0, 0.1) is 5.92 Å². The van der Waals surface area contributed by atoms with Gasteiger partial charge in [-0.15, -0.1) is 5.10 Å². The van der Waals surface area contributed by atoms with Gasteiger partial charge >= 0.3 is 0 Å². The van der Waals surface area contributed by atoms with E-state index in [-0.39, 0.29) is 5.82 Å². The summed E-state index contributed by atoms with van der Waals surface area (Å²) in [6.07, 6.45) is 5.14. The number of anilines is 1. The van der Waals surface area contributed by atoms with Gasteiger partial charge in [-0.3, -0.25) is 9.89 Å². The van der Waals surface area contributed by atoms with E-state index in [0.717, 1.165) is 31.6 Å². The summed E-state index contributed by atoms with van der Waals surface area (Å²) < 4.78 is 11.5. The van der Waals surface area contributed by atoms with Crippen LogP contribution in [-0.4, -0.2) is 50.9 Å². The predicted molar refractivity (Wildman–Crippen MR) is 140 cm³/mol. The molecule has 37 heavy (non-hydrogen) atoms. The summed E-state index contributed by atoms with van der Waals surface area (Å²) in [6, 6.07) is 16.9. The lowest BCUT2D eigenvalue weighted by Crippen LogP contribution is -2.19. The van der Waals surface area contributed by atoms with Gasteiger partial charge in [0.05, 0.1) is 17.3 Å². The zero-order chi connectivity index (χ0) is 25.5. The van der Waals surface area contributed by atoms with E-state index < -0.39 is 5.91 Å². The number of ether oxygens (including phenoxy) is 2. The van der Waals surface area contributed by atoms with E-state index in [4.69, 9.17) is 21.1 Å². The van der Waals surface area contributed by atoms with Gasteiger partial charge in [0, 0.05) is 31.3 Å². The van der Waals surface area contributed by atoms with E-state index in [0.29, 0.717) is 52.6 Å². The molecule has 1 atom stereocenters. The van der Waals surface area contributed by atoms with Crippen LogP contribution < -0.4 is 10.1 Å². The van der Waals surface area contributed by atoms with Crippen molar-refractivity contribution >= 4 is 23.3 Å². The smallest absolute Gasteiger partial charge is 0.296 e. The highest BCUT2D eigenvalue weighted by atomic mass is 35.5. The normalized spacial score (nSPS) is 15.3. The van der Waals surface area contributed by atoms with Gasteiger partial charge in [-0.25, -0.2) is 15.0 Å². The number of carbonyl (C=O) groups excluding carboxylic acids is 1. The fourth-order valence-corrected chi connectivity index (χ4v) is 4.39. The largest absolute Gasteiger partial charge is 0.494 e. The lowest BCUT2D eigenvalue weighted by atomic mass is 9.99. The van der Waals surface area contributed by atoms with Crippen molar-refractivity contribution < 1.29 is 14.3 Å². The molecule has 2 aromatic heterocycles. The standard InChI is InChI=1S/C27H27ClN6O3/c28-22-9-8-20(37-12-10-19-7-4-11-36-16-19)14-21(22)23-15-24(30-17-29-23)32-27(35)26-31-25(33-34-26)13-18-5-2-1-3-6-18/h1-3,5-6,8-9,14-15,17,19H,4,7,10-13,16H2,(H,31,33,34)(H,29,30,32,35). The first-order valence-corrected chi connectivity index (χ1v) is 12.6. The molecule has 190 valence electrons. The lowest BCUT2D eigenvalue weighted by molar-refractivity contribution is 0.0462. The molecule has 1 saturated heterocycles. The number of hydrogen-bond acceptors (Lipinski definition) is 7. The highest BCUT2D eigenvalue weighted by Gasteiger charge is 2.16. The van der Waals surface area contributed by atoms with Gasteiger partial charge in [-0.05, 0) is 48.9 Å². The molecule has 2 N–H and O–H groups in total. The Morgan fingerprint density at radius 3 is 2.89 bits per heavy atom. The van der Waals surface area contributed by atoms with Crippen LogP contribution in [0.5, 0.6) is 5.75 Å².